The van der Waals surface area contributed by atoms with Crippen molar-refractivity contribution in [1.29, 1.82) is 0 Å². The van der Waals surface area contributed by atoms with Crippen molar-refractivity contribution in [3.63, 3.8) is 0 Å². The molecule has 1 fully saturated rings. The molecule has 1 saturated heterocycles. The molecular weight excluding hydrogens is 182 g/mol. The van der Waals surface area contributed by atoms with Gasteiger partial charge in [0.2, 0.25) is 11.8 Å². The fourth-order valence-corrected chi connectivity index (χ4v) is 1.43. The van der Waals surface area contributed by atoms with Gasteiger partial charge in [0.25, 0.3) is 0 Å². The SMILES string of the molecule is NCCCC(=O)N1CCNC(=O)CC1. The summed E-state index contributed by atoms with van der Waals surface area (Å²) in [6, 6.07) is 0. The van der Waals surface area contributed by atoms with Crippen molar-refractivity contribution in [3.05, 3.63) is 0 Å². The van der Waals surface area contributed by atoms with E-state index < -0.39 is 0 Å². The molecule has 5 nitrogen and oxygen atoms in total. The summed E-state index contributed by atoms with van der Waals surface area (Å²) in [7, 11) is 0. The number of nitrogens with two attached hydrogens (primary N) is 1. The highest BCUT2D eigenvalue weighted by atomic mass is 16.2. The first-order valence-corrected chi connectivity index (χ1v) is 4.98. The van der Waals surface area contributed by atoms with Crippen LogP contribution in [0, 0.1) is 0 Å². The number of carbonyl (C=O) groups is 2. The quantitative estimate of drug-likeness (QED) is 0.617. The molecule has 0 radical (unpaired) electrons. The molecule has 0 aliphatic carbocycles. The lowest BCUT2D eigenvalue weighted by atomic mass is 10.2. The fraction of sp³-hybridized carbons (Fsp3) is 0.778. The molecule has 1 heterocycles. The van der Waals surface area contributed by atoms with Gasteiger partial charge in [0.1, 0.15) is 0 Å². The molecular formula is C9H17N3O2. The number of hydrogen-bond acceptors (Lipinski definition) is 3. The summed E-state index contributed by atoms with van der Waals surface area (Å²) in [6.07, 6.45) is 1.62. The Kier molecular flexibility index (Phi) is 4.39. The van der Waals surface area contributed by atoms with Crippen molar-refractivity contribution in [3.8, 4) is 0 Å². The maximum absolute atomic E-state index is 11.5. The van der Waals surface area contributed by atoms with Crippen molar-refractivity contribution < 1.29 is 9.59 Å². The van der Waals surface area contributed by atoms with Gasteiger partial charge in [-0.25, -0.2) is 0 Å². The molecule has 80 valence electrons. The van der Waals surface area contributed by atoms with Crippen LogP contribution in [0.5, 0.6) is 0 Å². The average Bonchev–Trinajstić information content (AvgIpc) is 2.39. The number of carbonyl (C=O) groups excluding carboxylic acids is 2. The fourth-order valence-electron chi connectivity index (χ4n) is 1.43. The molecule has 14 heavy (non-hydrogen) atoms. The van der Waals surface area contributed by atoms with Crippen LogP contribution in [-0.4, -0.2) is 42.9 Å². The van der Waals surface area contributed by atoms with Gasteiger partial charge in [-0.15, -0.1) is 0 Å². The van der Waals surface area contributed by atoms with E-state index >= 15 is 0 Å². The minimum absolute atomic E-state index is 0.0270. The summed E-state index contributed by atoms with van der Waals surface area (Å²) in [5, 5.41) is 2.73. The van der Waals surface area contributed by atoms with Crippen LogP contribution in [0.2, 0.25) is 0 Å². The molecule has 2 amide bonds. The lowest BCUT2D eigenvalue weighted by Gasteiger charge is -2.19. The van der Waals surface area contributed by atoms with Crippen molar-refractivity contribution >= 4 is 11.8 Å². The van der Waals surface area contributed by atoms with E-state index in [4.69, 9.17) is 5.73 Å². The third-order valence-electron chi connectivity index (χ3n) is 2.26. The minimum atomic E-state index is 0.0270. The first-order valence-electron chi connectivity index (χ1n) is 4.98. The zero-order valence-corrected chi connectivity index (χ0v) is 8.29. The number of nitrogens with zero attached hydrogens (tertiary/aromatic N) is 1. The third-order valence-corrected chi connectivity index (χ3v) is 2.26. The van der Waals surface area contributed by atoms with Crippen LogP contribution in [0.4, 0.5) is 0 Å². The first kappa shape index (κ1) is 11.0. The summed E-state index contributed by atoms with van der Waals surface area (Å²) >= 11 is 0. The number of amides is 2. The van der Waals surface area contributed by atoms with E-state index in [0.717, 1.165) is 6.42 Å². The number of nitrogens with one attached hydrogen (secondary N) is 1. The Morgan fingerprint density at radius 2 is 2.29 bits per heavy atom. The van der Waals surface area contributed by atoms with Crippen molar-refractivity contribution in [2.75, 3.05) is 26.2 Å². The molecule has 0 spiro atoms. The van der Waals surface area contributed by atoms with Gasteiger partial charge in [0, 0.05) is 32.5 Å². The van der Waals surface area contributed by atoms with Gasteiger partial charge < -0.3 is 16.0 Å². The Hall–Kier alpha value is -1.10. The number of hydrogen-bond donors (Lipinski definition) is 2. The van der Waals surface area contributed by atoms with Crippen molar-refractivity contribution in [1.82, 2.24) is 10.2 Å². The Balaban J connectivity index is 2.35. The standard InChI is InChI=1S/C9H17N3O2/c10-4-1-2-9(14)12-6-3-8(13)11-5-7-12/h1-7,10H2,(H,11,13). The zero-order valence-electron chi connectivity index (χ0n) is 8.29. The van der Waals surface area contributed by atoms with Crippen LogP contribution < -0.4 is 11.1 Å². The highest BCUT2D eigenvalue weighted by molar-refractivity contribution is 5.80. The van der Waals surface area contributed by atoms with Crippen LogP contribution in [0.1, 0.15) is 19.3 Å². The van der Waals surface area contributed by atoms with Crippen LogP contribution in [0.25, 0.3) is 0 Å². The predicted octanol–water partition coefficient (Wildman–Crippen LogP) is -0.926. The zero-order chi connectivity index (χ0) is 10.4. The number of rotatable bonds is 3. The Bertz CT molecular complexity index is 218. The summed E-state index contributed by atoms with van der Waals surface area (Å²) in [5.74, 6) is 0.131. The Labute approximate surface area is 83.6 Å². The second-order valence-corrected chi connectivity index (χ2v) is 3.37. The maximum atomic E-state index is 11.5. The average molecular weight is 199 g/mol. The lowest BCUT2D eigenvalue weighted by molar-refractivity contribution is -0.131. The van der Waals surface area contributed by atoms with Gasteiger partial charge >= 0.3 is 0 Å². The molecule has 3 N–H and O–H groups in total. The van der Waals surface area contributed by atoms with Crippen LogP contribution >= 0.6 is 0 Å². The van der Waals surface area contributed by atoms with E-state index in [-0.39, 0.29) is 11.8 Å². The Morgan fingerprint density at radius 1 is 1.50 bits per heavy atom. The summed E-state index contributed by atoms with van der Waals surface area (Å²) in [4.78, 5) is 24.3. The van der Waals surface area contributed by atoms with E-state index in [1.807, 2.05) is 0 Å². The van der Waals surface area contributed by atoms with Crippen LogP contribution in [-0.2, 0) is 9.59 Å². The molecule has 5 heteroatoms. The molecule has 0 aromatic carbocycles. The predicted molar refractivity (Wildman–Crippen MR) is 52.5 cm³/mol. The van der Waals surface area contributed by atoms with E-state index in [1.54, 1.807) is 4.90 Å². The molecule has 0 atom stereocenters. The normalized spacial score (nSPS) is 17.5. The van der Waals surface area contributed by atoms with Gasteiger partial charge in [-0.1, -0.05) is 0 Å². The monoisotopic (exact) mass is 199 g/mol. The molecule has 1 aliphatic heterocycles. The molecule has 0 saturated carbocycles. The molecule has 0 aromatic rings. The van der Waals surface area contributed by atoms with E-state index in [0.29, 0.717) is 39.0 Å². The highest BCUT2D eigenvalue weighted by Gasteiger charge is 2.17. The summed E-state index contributed by atoms with van der Waals surface area (Å²) in [6.45, 7) is 2.26. The third kappa shape index (κ3) is 3.33. The second-order valence-electron chi connectivity index (χ2n) is 3.37. The van der Waals surface area contributed by atoms with E-state index in [9.17, 15) is 9.59 Å². The van der Waals surface area contributed by atoms with Crippen LogP contribution in [0.15, 0.2) is 0 Å². The Morgan fingerprint density at radius 3 is 3.00 bits per heavy atom. The van der Waals surface area contributed by atoms with Gasteiger partial charge in [0.05, 0.1) is 0 Å². The molecule has 1 rings (SSSR count). The van der Waals surface area contributed by atoms with Gasteiger partial charge in [-0.2, -0.15) is 0 Å². The van der Waals surface area contributed by atoms with Crippen molar-refractivity contribution in [2.24, 2.45) is 5.73 Å². The summed E-state index contributed by atoms with van der Waals surface area (Å²) in [5.41, 5.74) is 5.32. The molecule has 0 aromatic heterocycles. The van der Waals surface area contributed by atoms with Crippen molar-refractivity contribution in [2.45, 2.75) is 19.3 Å². The highest BCUT2D eigenvalue weighted by Crippen LogP contribution is 2.01. The molecule has 1 aliphatic rings. The summed E-state index contributed by atoms with van der Waals surface area (Å²) < 4.78 is 0. The van der Waals surface area contributed by atoms with Gasteiger partial charge in [-0.05, 0) is 13.0 Å². The van der Waals surface area contributed by atoms with Crippen LogP contribution in [0.3, 0.4) is 0 Å². The molecule has 0 bridgehead atoms. The smallest absolute Gasteiger partial charge is 0.222 e. The van der Waals surface area contributed by atoms with E-state index in [2.05, 4.69) is 5.32 Å². The van der Waals surface area contributed by atoms with Gasteiger partial charge in [-0.3, -0.25) is 9.59 Å². The minimum Gasteiger partial charge on any atom is -0.354 e. The first-order chi connectivity index (χ1) is 6.74. The maximum Gasteiger partial charge on any atom is 0.222 e. The molecule has 0 unspecified atom stereocenters. The largest absolute Gasteiger partial charge is 0.354 e. The van der Waals surface area contributed by atoms with E-state index in [1.165, 1.54) is 0 Å². The van der Waals surface area contributed by atoms with Gasteiger partial charge in [0.15, 0.2) is 0 Å². The topological polar surface area (TPSA) is 75.4 Å². The second kappa shape index (κ2) is 5.59. The lowest BCUT2D eigenvalue weighted by Crippen LogP contribution is -2.34.